The summed E-state index contributed by atoms with van der Waals surface area (Å²) < 4.78 is 58.1. The van der Waals surface area contributed by atoms with Crippen LogP contribution < -0.4 is 14.8 Å². The van der Waals surface area contributed by atoms with E-state index in [1.54, 1.807) is 13.0 Å². The van der Waals surface area contributed by atoms with Crippen molar-refractivity contribution < 1.29 is 26.7 Å². The number of ether oxygens (including phenoxy) is 1. The van der Waals surface area contributed by atoms with Crippen molar-refractivity contribution in [2.75, 3.05) is 19.0 Å². The van der Waals surface area contributed by atoms with Crippen LogP contribution in [0.2, 0.25) is 0 Å². The number of hydrogen-bond acceptors (Lipinski definition) is 4. The number of hydrogen-bond donors (Lipinski definition) is 2. The normalized spacial score (nSPS) is 11.2. The van der Waals surface area contributed by atoms with E-state index in [4.69, 9.17) is 4.74 Å². The van der Waals surface area contributed by atoms with Crippen molar-refractivity contribution in [3.05, 3.63) is 53.6 Å². The quantitative estimate of drug-likeness (QED) is 0.816. The highest BCUT2D eigenvalue weighted by molar-refractivity contribution is 7.89. The van der Waals surface area contributed by atoms with E-state index in [0.29, 0.717) is 11.6 Å². The van der Waals surface area contributed by atoms with Gasteiger partial charge in [-0.2, -0.15) is 0 Å². The Hall–Kier alpha value is -2.52. The lowest BCUT2D eigenvalue weighted by molar-refractivity contribution is -0.115. The number of nitrogens with one attached hydrogen (secondary N) is 2. The molecule has 134 valence electrons. The molecule has 9 heteroatoms. The Kier molecular flexibility index (Phi) is 5.70. The minimum absolute atomic E-state index is 0.115. The Bertz CT molecular complexity index is 901. The summed E-state index contributed by atoms with van der Waals surface area (Å²) in [6, 6.07) is 7.21. The lowest BCUT2D eigenvalue weighted by Crippen LogP contribution is -2.33. The van der Waals surface area contributed by atoms with Gasteiger partial charge in [-0.15, -0.1) is 0 Å². The van der Waals surface area contributed by atoms with E-state index >= 15 is 0 Å². The average molecular weight is 370 g/mol. The molecule has 0 aliphatic heterocycles. The largest absolute Gasteiger partial charge is 0.495 e. The van der Waals surface area contributed by atoms with Gasteiger partial charge in [0, 0.05) is 6.07 Å². The van der Waals surface area contributed by atoms with Crippen molar-refractivity contribution in [3.8, 4) is 5.75 Å². The number of carbonyl (C=O) groups is 1. The van der Waals surface area contributed by atoms with Crippen LogP contribution in [0.5, 0.6) is 5.75 Å². The summed E-state index contributed by atoms with van der Waals surface area (Å²) in [5.41, 5.74) is 0.442. The van der Waals surface area contributed by atoms with E-state index in [1.807, 2.05) is 0 Å². The standard InChI is InChI=1S/C16H16F2N2O4S/c1-10-3-6-14(24-2)15(7-10)25(22,23)19-9-16(21)20-13-5-4-11(17)8-12(13)18/h3-8,19H,9H2,1-2H3,(H,20,21). The second-order valence-corrected chi connectivity index (χ2v) is 6.89. The SMILES string of the molecule is COc1ccc(C)cc1S(=O)(=O)NCC(=O)Nc1ccc(F)cc1F. The Morgan fingerprint density at radius 3 is 2.52 bits per heavy atom. The lowest BCUT2D eigenvalue weighted by atomic mass is 10.2. The van der Waals surface area contributed by atoms with Crippen molar-refractivity contribution in [1.82, 2.24) is 4.72 Å². The van der Waals surface area contributed by atoms with Crippen LogP contribution in [0, 0.1) is 18.6 Å². The lowest BCUT2D eigenvalue weighted by Gasteiger charge is -2.12. The molecular weight excluding hydrogens is 354 g/mol. The van der Waals surface area contributed by atoms with Crippen LogP contribution in [0.4, 0.5) is 14.5 Å². The van der Waals surface area contributed by atoms with Gasteiger partial charge in [0.25, 0.3) is 0 Å². The number of halogens is 2. The molecule has 0 saturated carbocycles. The highest BCUT2D eigenvalue weighted by Crippen LogP contribution is 2.24. The van der Waals surface area contributed by atoms with Gasteiger partial charge in [-0.05, 0) is 36.8 Å². The molecule has 0 aromatic heterocycles. The zero-order valence-corrected chi connectivity index (χ0v) is 14.3. The summed E-state index contributed by atoms with van der Waals surface area (Å²) >= 11 is 0. The van der Waals surface area contributed by atoms with E-state index in [0.717, 1.165) is 12.1 Å². The molecule has 0 unspecified atom stereocenters. The molecule has 0 bridgehead atoms. The number of rotatable bonds is 6. The molecule has 25 heavy (non-hydrogen) atoms. The van der Waals surface area contributed by atoms with Crippen LogP contribution in [-0.4, -0.2) is 28.0 Å². The maximum absolute atomic E-state index is 13.5. The first kappa shape index (κ1) is 18.8. The molecule has 0 fully saturated rings. The first-order valence-corrected chi connectivity index (χ1v) is 8.60. The summed E-state index contributed by atoms with van der Waals surface area (Å²) in [5.74, 6) is -2.43. The molecule has 0 aliphatic rings. The van der Waals surface area contributed by atoms with Gasteiger partial charge in [0.15, 0.2) is 0 Å². The molecule has 2 N–H and O–H groups in total. The molecule has 0 spiro atoms. The predicted molar refractivity (Wildman–Crippen MR) is 87.9 cm³/mol. The topological polar surface area (TPSA) is 84.5 Å². The molecule has 0 heterocycles. The number of anilines is 1. The van der Waals surface area contributed by atoms with E-state index in [9.17, 15) is 22.0 Å². The van der Waals surface area contributed by atoms with Crippen molar-refractivity contribution in [3.63, 3.8) is 0 Å². The number of sulfonamides is 1. The van der Waals surface area contributed by atoms with Crippen LogP contribution in [0.15, 0.2) is 41.3 Å². The fourth-order valence-electron chi connectivity index (χ4n) is 2.02. The van der Waals surface area contributed by atoms with E-state index in [-0.39, 0.29) is 16.3 Å². The maximum atomic E-state index is 13.5. The molecule has 0 atom stereocenters. The number of carbonyl (C=O) groups excluding carboxylic acids is 1. The molecule has 0 saturated heterocycles. The minimum Gasteiger partial charge on any atom is -0.495 e. The Labute approximate surface area is 143 Å². The van der Waals surface area contributed by atoms with E-state index in [1.165, 1.54) is 19.2 Å². The summed E-state index contributed by atoms with van der Waals surface area (Å²) in [6.45, 7) is 1.08. The molecule has 1 amide bonds. The molecular formula is C16H16F2N2O4S. The number of benzene rings is 2. The molecule has 6 nitrogen and oxygen atoms in total. The molecule has 2 aromatic rings. The second-order valence-electron chi connectivity index (χ2n) is 5.15. The molecule has 0 radical (unpaired) electrons. The number of amides is 1. The number of methoxy groups -OCH3 is 1. The van der Waals surface area contributed by atoms with Crippen molar-refractivity contribution in [2.24, 2.45) is 0 Å². The first-order chi connectivity index (χ1) is 11.7. The summed E-state index contributed by atoms with van der Waals surface area (Å²) in [7, 11) is -2.69. The zero-order chi connectivity index (χ0) is 18.6. The fraction of sp³-hybridized carbons (Fsp3) is 0.188. The monoisotopic (exact) mass is 370 g/mol. The minimum atomic E-state index is -4.02. The van der Waals surface area contributed by atoms with Crippen LogP contribution in [-0.2, 0) is 14.8 Å². The van der Waals surface area contributed by atoms with Crippen molar-refractivity contribution >= 4 is 21.6 Å². The van der Waals surface area contributed by atoms with Gasteiger partial charge in [-0.3, -0.25) is 4.79 Å². The van der Waals surface area contributed by atoms with Gasteiger partial charge in [0.1, 0.15) is 22.3 Å². The van der Waals surface area contributed by atoms with Crippen LogP contribution in [0.25, 0.3) is 0 Å². The van der Waals surface area contributed by atoms with Crippen molar-refractivity contribution in [2.45, 2.75) is 11.8 Å². The summed E-state index contributed by atoms with van der Waals surface area (Å²) in [4.78, 5) is 11.7. The maximum Gasteiger partial charge on any atom is 0.244 e. The van der Waals surface area contributed by atoms with E-state index < -0.39 is 34.1 Å². The Morgan fingerprint density at radius 2 is 1.88 bits per heavy atom. The predicted octanol–water partition coefficient (Wildman–Crippen LogP) is 2.20. The van der Waals surface area contributed by atoms with Gasteiger partial charge in [-0.25, -0.2) is 21.9 Å². The third-order valence-corrected chi connectivity index (χ3v) is 4.66. The van der Waals surface area contributed by atoms with Gasteiger partial charge < -0.3 is 10.1 Å². The van der Waals surface area contributed by atoms with Crippen molar-refractivity contribution in [1.29, 1.82) is 0 Å². The second kappa shape index (κ2) is 7.58. The first-order valence-electron chi connectivity index (χ1n) is 7.12. The third-order valence-electron chi connectivity index (χ3n) is 3.24. The number of aryl methyl sites for hydroxylation is 1. The zero-order valence-electron chi connectivity index (χ0n) is 13.5. The highest BCUT2D eigenvalue weighted by atomic mass is 32.2. The van der Waals surface area contributed by atoms with Crippen LogP contribution >= 0.6 is 0 Å². The average Bonchev–Trinajstić information content (AvgIpc) is 2.55. The van der Waals surface area contributed by atoms with E-state index in [2.05, 4.69) is 10.0 Å². The van der Waals surface area contributed by atoms with Gasteiger partial charge in [0.2, 0.25) is 15.9 Å². The Balaban J connectivity index is 2.09. The van der Waals surface area contributed by atoms with Crippen LogP contribution in [0.3, 0.4) is 0 Å². The van der Waals surface area contributed by atoms with Gasteiger partial charge in [-0.1, -0.05) is 6.07 Å². The third kappa shape index (κ3) is 4.74. The highest BCUT2D eigenvalue weighted by Gasteiger charge is 2.21. The fourth-order valence-corrected chi connectivity index (χ4v) is 3.25. The summed E-state index contributed by atoms with van der Waals surface area (Å²) in [6.07, 6.45) is 0. The van der Waals surface area contributed by atoms with Gasteiger partial charge >= 0.3 is 0 Å². The molecule has 2 aromatic carbocycles. The summed E-state index contributed by atoms with van der Waals surface area (Å²) in [5, 5.41) is 2.16. The van der Waals surface area contributed by atoms with Crippen LogP contribution in [0.1, 0.15) is 5.56 Å². The molecule has 0 aliphatic carbocycles. The smallest absolute Gasteiger partial charge is 0.244 e. The van der Waals surface area contributed by atoms with Gasteiger partial charge in [0.05, 0.1) is 19.3 Å². The Morgan fingerprint density at radius 1 is 1.16 bits per heavy atom. The molecule has 2 rings (SSSR count).